The number of thiophene rings is 1. The lowest BCUT2D eigenvalue weighted by Gasteiger charge is -2.04. The summed E-state index contributed by atoms with van der Waals surface area (Å²) in [6, 6.07) is 15.9. The van der Waals surface area contributed by atoms with Crippen molar-refractivity contribution < 1.29 is 17.9 Å². The van der Waals surface area contributed by atoms with Crippen LogP contribution >= 0.6 is 11.3 Å². The highest BCUT2D eigenvalue weighted by molar-refractivity contribution is 7.91. The zero-order chi connectivity index (χ0) is 22.2. The molecule has 0 aliphatic rings. The quantitative estimate of drug-likeness (QED) is 0.424. The van der Waals surface area contributed by atoms with Crippen LogP contribution in [0.25, 0.3) is 33.4 Å². The molecule has 0 aliphatic heterocycles. The molecule has 6 nitrogen and oxygen atoms in total. The molecule has 0 saturated heterocycles. The van der Waals surface area contributed by atoms with Gasteiger partial charge >= 0.3 is 5.63 Å². The Morgan fingerprint density at radius 2 is 1.90 bits per heavy atom. The zero-order valence-corrected chi connectivity index (χ0v) is 18.5. The van der Waals surface area contributed by atoms with Crippen LogP contribution in [0.1, 0.15) is 23.1 Å². The first-order chi connectivity index (χ1) is 14.8. The van der Waals surface area contributed by atoms with E-state index < -0.39 is 15.5 Å². The number of rotatable bonds is 5. The molecule has 8 heteroatoms. The van der Waals surface area contributed by atoms with Crippen molar-refractivity contribution in [1.29, 1.82) is 0 Å². The average molecular weight is 454 g/mol. The molecule has 0 amide bonds. The molecule has 31 heavy (non-hydrogen) atoms. The Bertz CT molecular complexity index is 1470. The van der Waals surface area contributed by atoms with Gasteiger partial charge in [0, 0.05) is 11.0 Å². The summed E-state index contributed by atoms with van der Waals surface area (Å²) in [5.74, 6) is -0.161. The van der Waals surface area contributed by atoms with Gasteiger partial charge in [0.1, 0.15) is 11.3 Å². The van der Waals surface area contributed by atoms with Crippen LogP contribution in [-0.2, 0) is 9.84 Å². The van der Waals surface area contributed by atoms with Gasteiger partial charge in [-0.15, -0.1) is 11.3 Å². The number of aliphatic hydroxyl groups excluding tert-OH is 1. The largest absolute Gasteiger partial charge is 0.506 e. The van der Waals surface area contributed by atoms with E-state index in [4.69, 9.17) is 4.42 Å². The number of sulfone groups is 1. The van der Waals surface area contributed by atoms with Crippen LogP contribution in [0.4, 0.5) is 0 Å². The van der Waals surface area contributed by atoms with E-state index in [-0.39, 0.29) is 33.2 Å². The molecule has 0 radical (unpaired) electrons. The van der Waals surface area contributed by atoms with Crippen LogP contribution in [0.2, 0.25) is 0 Å². The fourth-order valence-corrected chi connectivity index (χ4v) is 5.12. The summed E-state index contributed by atoms with van der Waals surface area (Å²) in [5, 5.41) is 10.7. The van der Waals surface area contributed by atoms with Crippen molar-refractivity contribution >= 4 is 44.1 Å². The summed E-state index contributed by atoms with van der Waals surface area (Å²) >= 11 is 1.40. The van der Waals surface area contributed by atoms with Gasteiger partial charge in [-0.25, -0.2) is 18.2 Å². The molecule has 0 aliphatic carbocycles. The van der Waals surface area contributed by atoms with E-state index in [0.717, 1.165) is 16.0 Å². The molecular weight excluding hydrogens is 434 g/mol. The fourth-order valence-electron chi connectivity index (χ4n) is 3.13. The summed E-state index contributed by atoms with van der Waals surface area (Å²) in [5.41, 5.74) is 1.46. The van der Waals surface area contributed by atoms with Gasteiger partial charge in [0.2, 0.25) is 0 Å². The molecule has 0 unspecified atom stereocenters. The van der Waals surface area contributed by atoms with Gasteiger partial charge in [0.05, 0.1) is 15.5 Å². The standard InChI is InChI=1S/C23H19NO5S2/c1-3-31(27,28)16-9-10-20-17(12-16)24-18(23(26)29-20)13-19(25)22-14(2)11-21(30-22)15-7-5-4-6-8-15/h4-13,25H,3H2,1-2H3. The number of aryl methyl sites for hydroxylation is 1. The number of hydrogen-bond acceptors (Lipinski definition) is 7. The predicted molar refractivity (Wildman–Crippen MR) is 123 cm³/mol. The van der Waals surface area contributed by atoms with Crippen molar-refractivity contribution in [2.45, 2.75) is 18.7 Å². The lowest BCUT2D eigenvalue weighted by molar-refractivity contribution is 0.515. The van der Waals surface area contributed by atoms with Crippen molar-refractivity contribution in [3.05, 3.63) is 81.2 Å². The van der Waals surface area contributed by atoms with Crippen LogP contribution in [0.3, 0.4) is 0 Å². The van der Waals surface area contributed by atoms with E-state index in [1.54, 1.807) is 6.92 Å². The van der Waals surface area contributed by atoms with Crippen molar-refractivity contribution in [2.75, 3.05) is 5.75 Å². The maximum atomic E-state index is 12.3. The Labute approximate surface area is 183 Å². The van der Waals surface area contributed by atoms with Gasteiger partial charge in [-0.1, -0.05) is 37.3 Å². The Kier molecular flexibility index (Phi) is 5.51. The van der Waals surface area contributed by atoms with E-state index in [1.165, 1.54) is 35.6 Å². The molecule has 0 atom stereocenters. The number of benzene rings is 2. The van der Waals surface area contributed by atoms with E-state index in [0.29, 0.717) is 4.88 Å². The van der Waals surface area contributed by atoms with Gasteiger partial charge in [0.25, 0.3) is 0 Å². The molecular formula is C23H19NO5S2. The Morgan fingerprint density at radius 3 is 2.61 bits per heavy atom. The number of hydrogen-bond donors (Lipinski definition) is 1. The average Bonchev–Trinajstić information content (AvgIpc) is 3.16. The number of fused-ring (bicyclic) bond motifs is 1. The van der Waals surface area contributed by atoms with Gasteiger partial charge in [0.15, 0.2) is 21.1 Å². The maximum absolute atomic E-state index is 12.3. The van der Waals surface area contributed by atoms with Gasteiger partial charge < -0.3 is 9.52 Å². The third-order valence-corrected chi connectivity index (χ3v) is 7.85. The highest BCUT2D eigenvalue weighted by Crippen LogP contribution is 2.34. The van der Waals surface area contributed by atoms with Gasteiger partial charge in [-0.2, -0.15) is 0 Å². The first kappa shape index (κ1) is 21.0. The van der Waals surface area contributed by atoms with Crippen molar-refractivity contribution in [2.24, 2.45) is 0 Å². The van der Waals surface area contributed by atoms with Crippen molar-refractivity contribution in [1.82, 2.24) is 4.98 Å². The first-order valence-corrected chi connectivity index (χ1v) is 12.0. The molecule has 4 aromatic rings. The second-order valence-electron chi connectivity index (χ2n) is 6.94. The molecule has 0 fully saturated rings. The summed E-state index contributed by atoms with van der Waals surface area (Å²) < 4.78 is 29.6. The normalized spacial score (nSPS) is 12.4. The number of aliphatic hydroxyl groups is 1. The van der Waals surface area contributed by atoms with E-state index in [9.17, 15) is 18.3 Å². The van der Waals surface area contributed by atoms with Crippen molar-refractivity contribution in [3.63, 3.8) is 0 Å². The van der Waals surface area contributed by atoms with Crippen LogP contribution in [0.15, 0.2) is 68.7 Å². The lowest BCUT2D eigenvalue weighted by atomic mass is 10.1. The highest BCUT2D eigenvalue weighted by atomic mass is 32.2. The van der Waals surface area contributed by atoms with Crippen LogP contribution < -0.4 is 5.63 Å². The summed E-state index contributed by atoms with van der Waals surface area (Å²) in [6.45, 7) is 3.43. The smallest absolute Gasteiger partial charge is 0.362 e. The second kappa shape index (κ2) is 8.13. The summed E-state index contributed by atoms with van der Waals surface area (Å²) in [4.78, 5) is 18.3. The van der Waals surface area contributed by atoms with E-state index in [2.05, 4.69) is 4.98 Å². The third-order valence-electron chi connectivity index (χ3n) is 4.80. The van der Waals surface area contributed by atoms with Gasteiger partial charge in [-0.05, 0) is 42.3 Å². The summed E-state index contributed by atoms with van der Waals surface area (Å²) in [7, 11) is -3.43. The second-order valence-corrected chi connectivity index (χ2v) is 10.3. The Morgan fingerprint density at radius 1 is 1.16 bits per heavy atom. The fraction of sp³-hybridized carbons (Fsp3) is 0.130. The molecule has 0 saturated carbocycles. The minimum atomic E-state index is -3.43. The molecule has 158 valence electrons. The number of nitrogens with zero attached hydrogens (tertiary/aromatic N) is 1. The topological polar surface area (TPSA) is 97.5 Å². The molecule has 2 aromatic heterocycles. The molecule has 0 spiro atoms. The van der Waals surface area contributed by atoms with Crippen molar-refractivity contribution in [3.8, 4) is 10.4 Å². The Hall–Kier alpha value is -3.23. The minimum Gasteiger partial charge on any atom is -0.506 e. The SMILES string of the molecule is CCS(=O)(=O)c1ccc2oc(=O)c(C=C(O)c3sc(-c4ccccc4)cc3C)nc2c1. The molecule has 0 bridgehead atoms. The predicted octanol–water partition coefficient (Wildman–Crippen LogP) is 5.07. The van der Waals surface area contributed by atoms with E-state index >= 15 is 0 Å². The number of aromatic nitrogens is 1. The van der Waals surface area contributed by atoms with Crippen LogP contribution in [-0.4, -0.2) is 24.3 Å². The monoisotopic (exact) mass is 453 g/mol. The molecule has 1 N–H and O–H groups in total. The third kappa shape index (κ3) is 4.17. The first-order valence-electron chi connectivity index (χ1n) is 9.53. The summed E-state index contributed by atoms with van der Waals surface area (Å²) in [6.07, 6.45) is 1.25. The lowest BCUT2D eigenvalue weighted by Crippen LogP contribution is -2.08. The minimum absolute atomic E-state index is 0.0514. The highest BCUT2D eigenvalue weighted by Gasteiger charge is 2.16. The molecule has 2 aromatic carbocycles. The molecule has 4 rings (SSSR count). The molecule has 2 heterocycles. The van der Waals surface area contributed by atoms with Gasteiger partial charge in [-0.3, -0.25) is 0 Å². The zero-order valence-electron chi connectivity index (χ0n) is 16.8. The van der Waals surface area contributed by atoms with E-state index in [1.807, 2.05) is 43.3 Å². The Balaban J connectivity index is 1.77. The maximum Gasteiger partial charge on any atom is 0.362 e. The van der Waals surface area contributed by atoms with Crippen LogP contribution in [0.5, 0.6) is 0 Å². The van der Waals surface area contributed by atoms with Crippen LogP contribution in [0, 0.1) is 6.92 Å².